The molecule has 0 amide bonds. The second kappa shape index (κ2) is 9.31. The summed E-state index contributed by atoms with van der Waals surface area (Å²) in [7, 11) is 0. The van der Waals surface area contributed by atoms with E-state index in [1.165, 1.54) is 25.7 Å². The number of Topliss-reactive ketones (excluding diaryl/α,β-unsaturated/α-hetero) is 1. The first-order valence-corrected chi connectivity index (χ1v) is 8.22. The van der Waals surface area contributed by atoms with E-state index >= 15 is 0 Å². The maximum absolute atomic E-state index is 11.8. The van der Waals surface area contributed by atoms with Crippen LogP contribution in [0, 0.1) is 5.92 Å². The maximum Gasteiger partial charge on any atom is 0.133 e. The van der Waals surface area contributed by atoms with Crippen LogP contribution in [-0.2, 0) is 9.53 Å². The number of halogens is 1. The predicted octanol–water partition coefficient (Wildman–Crippen LogP) is 4.15. The Bertz CT molecular complexity index is 212. The largest absolute Gasteiger partial charge is 0.381 e. The number of hydrogen-bond donors (Lipinski definition) is 0. The van der Waals surface area contributed by atoms with Gasteiger partial charge in [-0.15, -0.1) is 0 Å². The second-order valence-electron chi connectivity index (χ2n) is 5.05. The molecule has 2 nitrogen and oxygen atoms in total. The fourth-order valence-electron chi connectivity index (χ4n) is 2.29. The van der Waals surface area contributed by atoms with Crippen molar-refractivity contribution in [2.24, 2.45) is 5.92 Å². The maximum atomic E-state index is 11.8. The summed E-state index contributed by atoms with van der Waals surface area (Å²) in [6, 6.07) is 0. The highest BCUT2D eigenvalue weighted by Crippen LogP contribution is 2.26. The minimum absolute atomic E-state index is 0.450. The molecule has 0 aromatic heterocycles. The minimum Gasteiger partial charge on any atom is -0.381 e. The number of alkyl halides is 1. The molecule has 0 saturated carbocycles. The number of carbonyl (C=O) groups excluding carboxylic acids is 1. The van der Waals surface area contributed by atoms with Crippen LogP contribution in [0.4, 0.5) is 0 Å². The minimum atomic E-state index is 0.450. The van der Waals surface area contributed by atoms with Crippen molar-refractivity contribution in [3.63, 3.8) is 0 Å². The quantitative estimate of drug-likeness (QED) is 0.373. The predicted molar refractivity (Wildman–Crippen MR) is 79.7 cm³/mol. The van der Waals surface area contributed by atoms with E-state index < -0.39 is 0 Å². The van der Waals surface area contributed by atoms with Crippen LogP contribution < -0.4 is 0 Å². The van der Waals surface area contributed by atoms with Crippen LogP contribution >= 0.6 is 22.6 Å². The third kappa shape index (κ3) is 6.75. The summed E-state index contributed by atoms with van der Waals surface area (Å²) in [5, 5.41) is 0. The normalized spacial score (nSPS) is 22.4. The summed E-state index contributed by atoms with van der Waals surface area (Å²) >= 11 is 2.44. The van der Waals surface area contributed by atoms with Gasteiger partial charge in [-0.25, -0.2) is 0 Å². The Hall–Kier alpha value is 0.360. The van der Waals surface area contributed by atoms with Crippen molar-refractivity contribution < 1.29 is 9.53 Å². The van der Waals surface area contributed by atoms with Crippen molar-refractivity contribution in [3.8, 4) is 0 Å². The van der Waals surface area contributed by atoms with E-state index in [-0.39, 0.29) is 0 Å². The summed E-state index contributed by atoms with van der Waals surface area (Å²) in [4.78, 5) is 11.8. The van der Waals surface area contributed by atoms with Crippen molar-refractivity contribution in [1.82, 2.24) is 0 Å². The highest BCUT2D eigenvalue weighted by atomic mass is 127. The molecule has 100 valence electrons. The Morgan fingerprint density at radius 1 is 1.41 bits per heavy atom. The first-order chi connectivity index (χ1) is 8.24. The van der Waals surface area contributed by atoms with Crippen molar-refractivity contribution >= 4 is 28.4 Å². The van der Waals surface area contributed by atoms with Crippen molar-refractivity contribution in [3.05, 3.63) is 0 Å². The molecule has 2 atom stereocenters. The van der Waals surface area contributed by atoms with E-state index in [1.54, 1.807) is 0 Å². The lowest BCUT2D eigenvalue weighted by Crippen LogP contribution is -2.27. The topological polar surface area (TPSA) is 26.3 Å². The molecular formula is C14H25IO2. The van der Waals surface area contributed by atoms with E-state index in [4.69, 9.17) is 4.74 Å². The molecular weight excluding hydrogens is 327 g/mol. The van der Waals surface area contributed by atoms with Crippen molar-refractivity contribution in [2.75, 3.05) is 13.2 Å². The standard InChI is InChI=1S/C14H25IO2/c1-2-3-4-5-8-13(16)10-14(15)12-7-6-9-17-11-12/h12,14H,2-11H2,1H3. The summed E-state index contributed by atoms with van der Waals surface area (Å²) in [6.07, 6.45) is 8.72. The SMILES string of the molecule is CCCCCCC(=O)CC(I)C1CCCOC1. The van der Waals surface area contributed by atoms with E-state index in [1.807, 2.05) is 0 Å². The molecule has 17 heavy (non-hydrogen) atoms. The first kappa shape index (κ1) is 15.4. The fourth-order valence-corrected chi connectivity index (χ4v) is 3.34. The van der Waals surface area contributed by atoms with Crippen LogP contribution in [0.2, 0.25) is 0 Å². The summed E-state index contributed by atoms with van der Waals surface area (Å²) in [6.45, 7) is 3.97. The Balaban J connectivity index is 2.11. The lowest BCUT2D eigenvalue weighted by molar-refractivity contribution is -0.119. The highest BCUT2D eigenvalue weighted by molar-refractivity contribution is 14.1. The van der Waals surface area contributed by atoms with Gasteiger partial charge in [0.15, 0.2) is 0 Å². The van der Waals surface area contributed by atoms with Gasteiger partial charge in [-0.1, -0.05) is 48.8 Å². The first-order valence-electron chi connectivity index (χ1n) is 6.97. The molecule has 1 aliphatic rings. The summed E-state index contributed by atoms with van der Waals surface area (Å²) in [5.41, 5.74) is 0. The van der Waals surface area contributed by atoms with E-state index in [9.17, 15) is 4.79 Å². The molecule has 1 rings (SSSR count). The molecule has 0 aliphatic carbocycles. The van der Waals surface area contributed by atoms with Gasteiger partial charge in [0.05, 0.1) is 6.61 Å². The molecule has 2 unspecified atom stereocenters. The summed E-state index contributed by atoms with van der Waals surface area (Å²) in [5.74, 6) is 1.05. The van der Waals surface area contributed by atoms with Crippen LogP contribution in [0.15, 0.2) is 0 Å². The monoisotopic (exact) mass is 352 g/mol. The molecule has 1 saturated heterocycles. The van der Waals surface area contributed by atoms with E-state index in [0.29, 0.717) is 15.6 Å². The van der Waals surface area contributed by atoms with Gasteiger partial charge in [-0.05, 0) is 25.2 Å². The molecule has 1 heterocycles. The zero-order valence-corrected chi connectivity index (χ0v) is 13.1. The molecule has 0 radical (unpaired) electrons. The zero-order chi connectivity index (χ0) is 12.5. The van der Waals surface area contributed by atoms with Gasteiger partial charge in [-0.2, -0.15) is 0 Å². The summed E-state index contributed by atoms with van der Waals surface area (Å²) < 4.78 is 5.96. The smallest absolute Gasteiger partial charge is 0.133 e. The van der Waals surface area contributed by atoms with Crippen LogP contribution in [-0.4, -0.2) is 22.9 Å². The Kier molecular flexibility index (Phi) is 8.44. The zero-order valence-electron chi connectivity index (χ0n) is 10.9. The molecule has 0 N–H and O–H groups in total. The fraction of sp³-hybridized carbons (Fsp3) is 0.929. The molecule has 1 fully saturated rings. The molecule has 0 aromatic carbocycles. The number of ether oxygens (including phenoxy) is 1. The van der Waals surface area contributed by atoms with Gasteiger partial charge in [-0.3, -0.25) is 4.79 Å². The number of unbranched alkanes of at least 4 members (excludes halogenated alkanes) is 3. The molecule has 3 heteroatoms. The van der Waals surface area contributed by atoms with Crippen LogP contribution in [0.5, 0.6) is 0 Å². The van der Waals surface area contributed by atoms with Gasteiger partial charge < -0.3 is 4.74 Å². The Morgan fingerprint density at radius 3 is 2.88 bits per heavy atom. The Morgan fingerprint density at radius 2 is 2.24 bits per heavy atom. The molecule has 0 aromatic rings. The molecule has 0 spiro atoms. The van der Waals surface area contributed by atoms with Crippen molar-refractivity contribution in [1.29, 1.82) is 0 Å². The van der Waals surface area contributed by atoms with Crippen LogP contribution in [0.25, 0.3) is 0 Å². The van der Waals surface area contributed by atoms with Gasteiger partial charge >= 0.3 is 0 Å². The third-order valence-corrected chi connectivity index (χ3v) is 4.90. The van der Waals surface area contributed by atoms with Gasteiger partial charge in [0.25, 0.3) is 0 Å². The van der Waals surface area contributed by atoms with Gasteiger partial charge in [0.1, 0.15) is 5.78 Å². The number of ketones is 1. The average molecular weight is 352 g/mol. The van der Waals surface area contributed by atoms with E-state index in [2.05, 4.69) is 29.5 Å². The van der Waals surface area contributed by atoms with E-state index in [0.717, 1.165) is 38.9 Å². The highest BCUT2D eigenvalue weighted by Gasteiger charge is 2.23. The third-order valence-electron chi connectivity index (χ3n) is 3.44. The molecule has 0 bridgehead atoms. The number of carbonyl (C=O) groups is 1. The van der Waals surface area contributed by atoms with Crippen molar-refractivity contribution in [2.45, 2.75) is 62.2 Å². The lowest BCUT2D eigenvalue weighted by Gasteiger charge is -2.26. The lowest BCUT2D eigenvalue weighted by atomic mass is 9.94. The average Bonchev–Trinajstić information content (AvgIpc) is 2.36. The Labute approximate surface area is 119 Å². The van der Waals surface area contributed by atoms with Crippen LogP contribution in [0.3, 0.4) is 0 Å². The number of rotatable bonds is 8. The number of hydrogen-bond acceptors (Lipinski definition) is 2. The van der Waals surface area contributed by atoms with Crippen LogP contribution in [0.1, 0.15) is 58.3 Å². The van der Waals surface area contributed by atoms with Gasteiger partial charge in [0, 0.05) is 23.4 Å². The van der Waals surface area contributed by atoms with Gasteiger partial charge in [0.2, 0.25) is 0 Å². The second-order valence-corrected chi connectivity index (χ2v) is 6.65. The molecule has 1 aliphatic heterocycles.